The first-order valence-corrected chi connectivity index (χ1v) is 7.25. The number of rotatable bonds is 4. The van der Waals surface area contributed by atoms with Gasteiger partial charge in [0.15, 0.2) is 0 Å². The smallest absolute Gasteiger partial charge is 0.338 e. The third-order valence-corrected chi connectivity index (χ3v) is 3.82. The molecule has 1 aliphatic heterocycles. The van der Waals surface area contributed by atoms with E-state index in [1.807, 2.05) is 0 Å². The number of hydrogen-bond acceptors (Lipinski definition) is 6. The molecule has 0 fully saturated rings. The molecule has 0 unspecified atom stereocenters. The van der Waals surface area contributed by atoms with Crippen molar-refractivity contribution in [1.29, 1.82) is 0 Å². The molecule has 0 aliphatic carbocycles. The van der Waals surface area contributed by atoms with E-state index < -0.39 is 22.7 Å². The Bertz CT molecular complexity index is 921. The molecule has 0 spiro atoms. The van der Waals surface area contributed by atoms with Crippen LogP contribution in [0.15, 0.2) is 42.5 Å². The number of carbonyl (C=O) groups is 3. The highest BCUT2D eigenvalue weighted by Crippen LogP contribution is 2.23. The molecular weight excluding hydrogens is 328 g/mol. The lowest BCUT2D eigenvalue weighted by atomic mass is 10.1. The van der Waals surface area contributed by atoms with Crippen molar-refractivity contribution < 1.29 is 24.0 Å². The molecule has 3 rings (SSSR count). The van der Waals surface area contributed by atoms with Crippen molar-refractivity contribution in [3.05, 3.63) is 74.8 Å². The van der Waals surface area contributed by atoms with Gasteiger partial charge in [0.2, 0.25) is 0 Å². The number of nitrogens with zero attached hydrogens (tertiary/aromatic N) is 2. The van der Waals surface area contributed by atoms with Crippen molar-refractivity contribution in [1.82, 2.24) is 4.90 Å². The summed E-state index contributed by atoms with van der Waals surface area (Å²) in [5, 5.41) is 10.7. The fourth-order valence-corrected chi connectivity index (χ4v) is 2.48. The Labute approximate surface area is 141 Å². The first-order chi connectivity index (χ1) is 11.9. The Hall–Kier alpha value is -3.55. The molecule has 0 atom stereocenters. The number of ether oxygens (including phenoxy) is 1. The number of benzene rings is 2. The zero-order chi connectivity index (χ0) is 18.1. The highest BCUT2D eigenvalue weighted by molar-refractivity contribution is 6.21. The normalized spacial score (nSPS) is 12.9. The molecule has 0 bridgehead atoms. The lowest BCUT2D eigenvalue weighted by molar-refractivity contribution is -0.384. The molecule has 25 heavy (non-hydrogen) atoms. The number of hydrogen-bond donors (Lipinski definition) is 0. The van der Waals surface area contributed by atoms with Crippen molar-refractivity contribution in [2.24, 2.45) is 0 Å². The van der Waals surface area contributed by atoms with Gasteiger partial charge in [-0.1, -0.05) is 12.1 Å². The summed E-state index contributed by atoms with van der Waals surface area (Å²) in [5.74, 6) is -1.59. The van der Waals surface area contributed by atoms with Gasteiger partial charge in [0, 0.05) is 19.2 Å². The molecule has 0 radical (unpaired) electrons. The van der Waals surface area contributed by atoms with Crippen molar-refractivity contribution in [3.63, 3.8) is 0 Å². The Morgan fingerprint density at radius 1 is 1.12 bits per heavy atom. The second-order valence-corrected chi connectivity index (χ2v) is 5.43. The average Bonchev–Trinajstić information content (AvgIpc) is 2.84. The predicted octanol–water partition coefficient (Wildman–Crippen LogP) is 2.18. The molecule has 2 aromatic rings. The van der Waals surface area contributed by atoms with E-state index in [4.69, 9.17) is 4.74 Å². The van der Waals surface area contributed by atoms with Gasteiger partial charge in [-0.2, -0.15) is 0 Å². The van der Waals surface area contributed by atoms with E-state index >= 15 is 0 Å². The highest BCUT2D eigenvalue weighted by atomic mass is 16.6. The minimum atomic E-state index is -0.691. The van der Waals surface area contributed by atoms with Crippen LogP contribution in [0.2, 0.25) is 0 Å². The summed E-state index contributed by atoms with van der Waals surface area (Å²) < 4.78 is 5.13. The summed E-state index contributed by atoms with van der Waals surface area (Å²) in [4.78, 5) is 47.1. The van der Waals surface area contributed by atoms with E-state index in [1.165, 1.54) is 43.4 Å². The Kier molecular flexibility index (Phi) is 4.02. The number of fused-ring (bicyclic) bond motifs is 1. The maximum absolute atomic E-state index is 12.1. The molecule has 0 aromatic heterocycles. The van der Waals surface area contributed by atoms with Crippen LogP contribution in [0.1, 0.15) is 36.6 Å². The molecule has 1 heterocycles. The van der Waals surface area contributed by atoms with Crippen LogP contribution in [0.5, 0.6) is 0 Å². The lowest BCUT2D eigenvalue weighted by Crippen LogP contribution is -2.24. The van der Waals surface area contributed by atoms with Gasteiger partial charge < -0.3 is 4.74 Å². The molecule has 8 heteroatoms. The average molecular weight is 340 g/mol. The maximum atomic E-state index is 12.1. The van der Waals surface area contributed by atoms with Crippen molar-refractivity contribution in [2.45, 2.75) is 6.61 Å². The molecule has 2 aromatic carbocycles. The minimum absolute atomic E-state index is 0.0989. The van der Waals surface area contributed by atoms with E-state index in [2.05, 4.69) is 0 Å². The van der Waals surface area contributed by atoms with Gasteiger partial charge in [0.1, 0.15) is 6.61 Å². The number of non-ortho nitro benzene ring substituents is 1. The Morgan fingerprint density at radius 2 is 1.84 bits per heavy atom. The van der Waals surface area contributed by atoms with E-state index in [0.29, 0.717) is 5.56 Å². The quantitative estimate of drug-likeness (QED) is 0.365. The highest BCUT2D eigenvalue weighted by Gasteiger charge is 2.33. The summed E-state index contributed by atoms with van der Waals surface area (Å²) in [6.45, 7) is -0.148. The fourth-order valence-electron chi connectivity index (χ4n) is 2.48. The van der Waals surface area contributed by atoms with E-state index in [0.717, 1.165) is 4.90 Å². The van der Waals surface area contributed by atoms with Crippen LogP contribution < -0.4 is 0 Å². The predicted molar refractivity (Wildman–Crippen MR) is 85.1 cm³/mol. The van der Waals surface area contributed by atoms with E-state index in [1.54, 1.807) is 6.07 Å². The standard InChI is InChI=1S/C17H12N2O6/c1-18-15(20)13-6-5-11(8-14(13)16(18)21)17(22)25-9-10-3-2-4-12(7-10)19(23)24/h2-8H,9H2,1H3. The Balaban J connectivity index is 1.75. The Morgan fingerprint density at radius 3 is 2.56 bits per heavy atom. The van der Waals surface area contributed by atoms with E-state index in [9.17, 15) is 24.5 Å². The zero-order valence-electron chi connectivity index (χ0n) is 13.1. The summed E-state index contributed by atoms with van der Waals surface area (Å²) in [6, 6.07) is 9.87. The van der Waals surface area contributed by atoms with Crippen LogP contribution >= 0.6 is 0 Å². The molecular formula is C17H12N2O6. The topological polar surface area (TPSA) is 107 Å². The van der Waals surface area contributed by atoms with Gasteiger partial charge in [-0.05, 0) is 23.8 Å². The molecule has 2 amide bonds. The molecule has 0 N–H and O–H groups in total. The second kappa shape index (κ2) is 6.16. The van der Waals surface area contributed by atoms with Gasteiger partial charge >= 0.3 is 5.97 Å². The fraction of sp³-hybridized carbons (Fsp3) is 0.118. The number of amides is 2. The molecule has 126 valence electrons. The van der Waals surface area contributed by atoms with Crippen molar-refractivity contribution in [2.75, 3.05) is 7.05 Å². The number of carbonyl (C=O) groups excluding carboxylic acids is 3. The third-order valence-electron chi connectivity index (χ3n) is 3.82. The van der Waals surface area contributed by atoms with Gasteiger partial charge in [-0.25, -0.2) is 4.79 Å². The van der Waals surface area contributed by atoms with Gasteiger partial charge in [0.25, 0.3) is 17.5 Å². The number of imide groups is 1. The van der Waals surface area contributed by atoms with Crippen LogP contribution in [0.3, 0.4) is 0 Å². The van der Waals surface area contributed by atoms with Crippen molar-refractivity contribution in [3.8, 4) is 0 Å². The van der Waals surface area contributed by atoms with Gasteiger partial charge in [-0.15, -0.1) is 0 Å². The maximum Gasteiger partial charge on any atom is 0.338 e. The number of nitro benzene ring substituents is 1. The van der Waals surface area contributed by atoms with Gasteiger partial charge in [-0.3, -0.25) is 24.6 Å². The summed E-state index contributed by atoms with van der Waals surface area (Å²) in [7, 11) is 1.37. The zero-order valence-corrected chi connectivity index (χ0v) is 13.1. The lowest BCUT2D eigenvalue weighted by Gasteiger charge is -2.06. The summed E-state index contributed by atoms with van der Waals surface area (Å²) >= 11 is 0. The molecule has 1 aliphatic rings. The summed E-state index contributed by atoms with van der Waals surface area (Å²) in [6.07, 6.45) is 0. The monoisotopic (exact) mass is 340 g/mol. The van der Waals surface area contributed by atoms with Crippen LogP contribution in [0, 0.1) is 10.1 Å². The first kappa shape index (κ1) is 16.3. The summed E-state index contributed by atoms with van der Waals surface area (Å²) in [5.41, 5.74) is 0.883. The van der Waals surface area contributed by atoms with Crippen LogP contribution in [0.4, 0.5) is 5.69 Å². The second-order valence-electron chi connectivity index (χ2n) is 5.43. The molecule has 0 saturated heterocycles. The largest absolute Gasteiger partial charge is 0.457 e. The van der Waals surface area contributed by atoms with Crippen LogP contribution in [0.25, 0.3) is 0 Å². The molecule has 8 nitrogen and oxygen atoms in total. The van der Waals surface area contributed by atoms with Crippen LogP contribution in [-0.2, 0) is 11.3 Å². The molecule has 0 saturated carbocycles. The SMILES string of the molecule is CN1C(=O)c2ccc(C(=O)OCc3cccc([N+](=O)[O-])c3)cc2C1=O. The van der Waals surface area contributed by atoms with Crippen molar-refractivity contribution >= 4 is 23.5 Å². The van der Waals surface area contributed by atoms with E-state index in [-0.39, 0.29) is 29.0 Å². The van der Waals surface area contributed by atoms with Crippen LogP contribution in [-0.4, -0.2) is 34.7 Å². The number of esters is 1. The minimum Gasteiger partial charge on any atom is -0.457 e. The number of nitro groups is 1. The first-order valence-electron chi connectivity index (χ1n) is 7.25. The third kappa shape index (κ3) is 2.97. The van der Waals surface area contributed by atoms with Gasteiger partial charge in [0.05, 0.1) is 21.6 Å².